The smallest absolute Gasteiger partial charge is 0.331 e. The molecule has 0 aromatic heterocycles. The van der Waals surface area contributed by atoms with Crippen molar-refractivity contribution in [2.24, 2.45) is 5.92 Å². The lowest BCUT2D eigenvalue weighted by Crippen LogP contribution is -2.58. The molecular weight excluding hydrogens is 506 g/mol. The van der Waals surface area contributed by atoms with Gasteiger partial charge < -0.3 is 4.74 Å². The van der Waals surface area contributed by atoms with E-state index in [0.717, 1.165) is 4.90 Å². The van der Waals surface area contributed by atoms with Crippen LogP contribution in [0.5, 0.6) is 0 Å². The normalized spacial score (nSPS) is 19.3. The molecule has 2 aliphatic heterocycles. The van der Waals surface area contributed by atoms with Crippen molar-refractivity contribution in [3.05, 3.63) is 63.7 Å². The molecule has 2 aliphatic rings. The van der Waals surface area contributed by atoms with Crippen LogP contribution < -0.4 is 13.9 Å². The van der Waals surface area contributed by atoms with Crippen LogP contribution in [0.1, 0.15) is 18.1 Å². The molecule has 0 aliphatic carbocycles. The van der Waals surface area contributed by atoms with Crippen molar-refractivity contribution in [1.29, 1.82) is 0 Å². The van der Waals surface area contributed by atoms with Gasteiger partial charge in [-0.3, -0.25) is 33.8 Å². The highest BCUT2D eigenvalue weighted by molar-refractivity contribution is 7.91. The molecule has 0 spiro atoms. The first kappa shape index (κ1) is 26.0. The zero-order valence-electron chi connectivity index (χ0n) is 20.1. The lowest BCUT2D eigenvalue weighted by atomic mass is 10.0. The highest BCUT2D eigenvalue weighted by Crippen LogP contribution is 2.30. The predicted octanol–water partition coefficient (Wildman–Crippen LogP) is 1.71. The van der Waals surface area contributed by atoms with E-state index in [1.54, 1.807) is 13.0 Å². The van der Waals surface area contributed by atoms with Gasteiger partial charge >= 0.3 is 22.2 Å². The molecule has 0 radical (unpaired) electrons. The Morgan fingerprint density at radius 2 is 1.84 bits per heavy atom. The van der Waals surface area contributed by atoms with Gasteiger partial charge in [0.15, 0.2) is 5.92 Å². The number of ether oxygens (including phenoxy) is 1. The third kappa shape index (κ3) is 4.97. The zero-order chi connectivity index (χ0) is 26.9. The maximum absolute atomic E-state index is 13.5. The number of rotatable bonds is 7. The van der Waals surface area contributed by atoms with Crippen molar-refractivity contribution in [2.45, 2.75) is 20.4 Å². The molecule has 1 atom stereocenters. The quantitative estimate of drug-likeness (QED) is 0.245. The largest absolute Gasteiger partial charge is 0.465 e. The van der Waals surface area contributed by atoms with Crippen molar-refractivity contribution >= 4 is 45.2 Å². The number of amides is 3. The summed E-state index contributed by atoms with van der Waals surface area (Å²) in [5, 5.41) is 11.4. The lowest BCUT2D eigenvalue weighted by Gasteiger charge is -2.37. The monoisotopic (exact) mass is 531 g/mol. The van der Waals surface area contributed by atoms with Gasteiger partial charge in [0.05, 0.1) is 30.3 Å². The maximum atomic E-state index is 13.5. The summed E-state index contributed by atoms with van der Waals surface area (Å²) >= 11 is 0. The summed E-state index contributed by atoms with van der Waals surface area (Å²) < 4.78 is 32.9. The van der Waals surface area contributed by atoms with Gasteiger partial charge in [-0.1, -0.05) is 12.1 Å². The van der Waals surface area contributed by atoms with Gasteiger partial charge in [0.2, 0.25) is 5.91 Å². The van der Waals surface area contributed by atoms with Crippen LogP contribution in [0.25, 0.3) is 0 Å². The molecule has 0 bridgehead atoms. The molecule has 1 N–H and O–H groups in total. The molecule has 37 heavy (non-hydrogen) atoms. The molecule has 4 rings (SSSR count). The van der Waals surface area contributed by atoms with Crippen LogP contribution in [0.2, 0.25) is 0 Å². The van der Waals surface area contributed by atoms with Gasteiger partial charge in [-0.15, -0.1) is 0 Å². The van der Waals surface area contributed by atoms with E-state index in [-0.39, 0.29) is 38.5 Å². The van der Waals surface area contributed by atoms with Crippen LogP contribution in [0, 0.1) is 23.0 Å². The molecule has 14 heteroatoms. The van der Waals surface area contributed by atoms with Crippen molar-refractivity contribution < 1.29 is 32.5 Å². The van der Waals surface area contributed by atoms with Crippen molar-refractivity contribution in [3.63, 3.8) is 0 Å². The highest BCUT2D eigenvalue weighted by atomic mass is 32.2. The Bertz CT molecular complexity index is 1360. The summed E-state index contributed by atoms with van der Waals surface area (Å²) in [5.74, 6) is -2.87. The van der Waals surface area contributed by atoms with Crippen LogP contribution in [0.15, 0.2) is 42.5 Å². The average Bonchev–Trinajstić information content (AvgIpc) is 3.21. The summed E-state index contributed by atoms with van der Waals surface area (Å²) in [7, 11) is -3.64. The number of hydrogen-bond acceptors (Lipinski definition) is 8. The molecule has 13 nitrogen and oxygen atoms in total. The highest BCUT2D eigenvalue weighted by Gasteiger charge is 2.44. The van der Waals surface area contributed by atoms with Crippen molar-refractivity contribution in [3.8, 4) is 0 Å². The van der Waals surface area contributed by atoms with Crippen molar-refractivity contribution in [1.82, 2.24) is 9.62 Å². The first-order chi connectivity index (χ1) is 17.5. The standard InChI is InChI=1S/C23H25N5O8S/c1-3-36-22(30)19-14-25(17-7-9-18(10-8-17)27-12-11-24-37(27,34)35)23(31)26(21(19)29)13-16-5-4-6-20(15(16)2)28(32)33/h4-10,19,24H,3,11-14H2,1-2H3. The third-order valence-corrected chi connectivity index (χ3v) is 7.79. The second kappa shape index (κ2) is 10.1. The second-order valence-electron chi connectivity index (χ2n) is 8.43. The number of anilines is 2. The number of esters is 1. The van der Waals surface area contributed by atoms with Crippen LogP contribution in [0.3, 0.4) is 0 Å². The number of nitrogens with one attached hydrogen (secondary N) is 1. The van der Waals surface area contributed by atoms with Gasteiger partial charge in [0.25, 0.3) is 5.69 Å². The maximum Gasteiger partial charge on any atom is 0.331 e. The Morgan fingerprint density at radius 3 is 2.43 bits per heavy atom. The van der Waals surface area contributed by atoms with Gasteiger partial charge in [0.1, 0.15) is 0 Å². The summed E-state index contributed by atoms with van der Waals surface area (Å²) in [4.78, 5) is 52.2. The fourth-order valence-corrected chi connectivity index (χ4v) is 5.53. The van der Waals surface area contributed by atoms with Gasteiger partial charge in [-0.2, -0.15) is 13.1 Å². The Morgan fingerprint density at radius 1 is 1.16 bits per heavy atom. The number of hydrogen-bond donors (Lipinski definition) is 1. The zero-order valence-corrected chi connectivity index (χ0v) is 20.9. The van der Waals surface area contributed by atoms with Crippen LogP contribution >= 0.6 is 0 Å². The molecule has 0 saturated carbocycles. The Kier molecular flexibility index (Phi) is 7.14. The Hall–Kier alpha value is -4.04. The number of nitro groups is 1. The molecule has 2 saturated heterocycles. The van der Waals surface area contributed by atoms with Crippen LogP contribution in [-0.4, -0.2) is 62.4 Å². The van der Waals surface area contributed by atoms with Gasteiger partial charge in [-0.05, 0) is 43.7 Å². The number of carbonyl (C=O) groups is 3. The minimum absolute atomic E-state index is 0.0353. The number of urea groups is 1. The third-order valence-electron chi connectivity index (χ3n) is 6.24. The first-order valence-electron chi connectivity index (χ1n) is 11.4. The fourth-order valence-electron chi connectivity index (χ4n) is 4.30. The second-order valence-corrected chi connectivity index (χ2v) is 10.1. The van der Waals surface area contributed by atoms with E-state index < -0.39 is 39.0 Å². The molecule has 1 unspecified atom stereocenters. The molecule has 196 valence electrons. The van der Waals surface area contributed by atoms with E-state index in [1.807, 2.05) is 0 Å². The Labute approximate surface area is 212 Å². The van der Waals surface area contributed by atoms with E-state index >= 15 is 0 Å². The van der Waals surface area contributed by atoms with E-state index in [9.17, 15) is 32.9 Å². The Balaban J connectivity index is 1.67. The summed E-state index contributed by atoms with van der Waals surface area (Å²) in [6.07, 6.45) is 0. The lowest BCUT2D eigenvalue weighted by molar-refractivity contribution is -0.385. The SMILES string of the molecule is CCOC(=O)C1CN(c2ccc(N3CCNS3(=O)=O)cc2)C(=O)N(Cc2cccc([N+](=O)[O-])c2C)C1=O. The van der Waals surface area contributed by atoms with E-state index in [1.165, 1.54) is 52.5 Å². The molecule has 3 amide bonds. The van der Waals surface area contributed by atoms with Crippen LogP contribution in [0.4, 0.5) is 21.9 Å². The van der Waals surface area contributed by atoms with E-state index in [2.05, 4.69) is 4.72 Å². The molecule has 2 heterocycles. The van der Waals surface area contributed by atoms with Crippen LogP contribution in [-0.2, 0) is 31.1 Å². The van der Waals surface area contributed by atoms with E-state index in [0.29, 0.717) is 22.5 Å². The van der Waals surface area contributed by atoms with Crippen molar-refractivity contribution in [2.75, 3.05) is 35.4 Å². The average molecular weight is 532 g/mol. The predicted molar refractivity (Wildman–Crippen MR) is 132 cm³/mol. The molecule has 2 aromatic rings. The fraction of sp³-hybridized carbons (Fsp3) is 0.348. The number of benzene rings is 2. The van der Waals surface area contributed by atoms with Gasteiger partial charge in [0, 0.05) is 30.4 Å². The number of imide groups is 1. The molecule has 2 fully saturated rings. The summed E-state index contributed by atoms with van der Waals surface area (Å²) in [6, 6.07) is 9.73. The summed E-state index contributed by atoms with van der Waals surface area (Å²) in [5.41, 5.74) is 1.24. The molecular formula is C23H25N5O8S. The van der Waals surface area contributed by atoms with Gasteiger partial charge in [-0.25, -0.2) is 4.79 Å². The summed E-state index contributed by atoms with van der Waals surface area (Å²) in [6.45, 7) is 3.11. The topological polar surface area (TPSA) is 159 Å². The number of nitrogens with zero attached hydrogens (tertiary/aromatic N) is 4. The minimum atomic E-state index is -3.64. The minimum Gasteiger partial charge on any atom is -0.465 e. The molecule has 2 aromatic carbocycles. The first-order valence-corrected chi connectivity index (χ1v) is 12.9. The van der Waals surface area contributed by atoms with E-state index in [4.69, 9.17) is 4.74 Å². The number of carbonyl (C=O) groups excluding carboxylic acids is 3. The number of nitro benzene ring substituents is 1.